The number of ether oxygens (including phenoxy) is 1. The fourth-order valence-corrected chi connectivity index (χ4v) is 7.69. The van der Waals surface area contributed by atoms with Crippen LogP contribution in [0.5, 0.6) is 11.5 Å². The lowest BCUT2D eigenvalue weighted by molar-refractivity contribution is 0.0696. The molecule has 178 valence electrons. The van der Waals surface area contributed by atoms with Gasteiger partial charge in [0.1, 0.15) is 21.4 Å². The molecule has 2 heterocycles. The van der Waals surface area contributed by atoms with E-state index in [1.807, 2.05) is 0 Å². The molecule has 0 radical (unpaired) electrons. The van der Waals surface area contributed by atoms with E-state index in [4.69, 9.17) is 16.3 Å². The lowest BCUT2D eigenvalue weighted by Gasteiger charge is -2.14. The van der Waals surface area contributed by atoms with Gasteiger partial charge in [0.15, 0.2) is 9.84 Å². The van der Waals surface area contributed by atoms with Crippen LogP contribution in [-0.2, 0) is 25.6 Å². The van der Waals surface area contributed by atoms with Gasteiger partial charge in [-0.3, -0.25) is 4.72 Å². The van der Waals surface area contributed by atoms with Crippen LogP contribution in [-0.4, -0.2) is 38.1 Å². The molecule has 3 aromatic rings. The number of sulfonamides is 1. The first kappa shape index (κ1) is 23.0. The van der Waals surface area contributed by atoms with E-state index in [0.717, 1.165) is 41.3 Å². The number of carboxylic acids is 1. The third kappa shape index (κ3) is 4.13. The maximum atomic E-state index is 13.1. The van der Waals surface area contributed by atoms with Gasteiger partial charge in [0.05, 0.1) is 21.2 Å². The lowest BCUT2D eigenvalue weighted by atomic mass is 10.1. The van der Waals surface area contributed by atoms with Gasteiger partial charge in [-0.2, -0.15) is 0 Å². The number of halogens is 1. The number of hydrogen-bond donors (Lipinski definition) is 2. The van der Waals surface area contributed by atoms with Crippen molar-refractivity contribution in [3.05, 3.63) is 51.0 Å². The zero-order valence-electron chi connectivity index (χ0n) is 17.4. The van der Waals surface area contributed by atoms with Crippen LogP contribution in [0.3, 0.4) is 0 Å². The SMILES string of the molecule is Cc1cc(C(=O)O)cc2c1Oc1c(Cl)cc(S(=O)(=O)Nc3nnc(C4CC4)s3)cc1CS2(=O)=O. The molecule has 0 atom stereocenters. The minimum atomic E-state index is -4.16. The topological polar surface area (TPSA) is 153 Å². The van der Waals surface area contributed by atoms with Crippen LogP contribution in [0.1, 0.15) is 45.3 Å². The van der Waals surface area contributed by atoms with Crippen molar-refractivity contribution in [2.24, 2.45) is 0 Å². The van der Waals surface area contributed by atoms with E-state index in [-0.39, 0.29) is 48.1 Å². The Morgan fingerprint density at radius 1 is 1.21 bits per heavy atom. The number of anilines is 1. The van der Waals surface area contributed by atoms with Gasteiger partial charge in [-0.05, 0) is 49.6 Å². The molecule has 5 rings (SSSR count). The molecule has 2 aliphatic rings. The highest BCUT2D eigenvalue weighted by molar-refractivity contribution is 7.93. The van der Waals surface area contributed by atoms with Crippen LogP contribution in [0.15, 0.2) is 34.1 Å². The second-order valence-corrected chi connectivity index (χ2v) is 13.1. The number of aromatic carboxylic acids is 1. The Morgan fingerprint density at radius 2 is 1.94 bits per heavy atom. The molecule has 0 saturated heterocycles. The van der Waals surface area contributed by atoms with Crippen molar-refractivity contribution in [3.63, 3.8) is 0 Å². The predicted octanol–water partition coefficient (Wildman–Crippen LogP) is 3.96. The zero-order valence-corrected chi connectivity index (χ0v) is 20.6. The number of carboxylic acid groups (broad SMARTS) is 1. The summed E-state index contributed by atoms with van der Waals surface area (Å²) in [5, 5.41) is 17.9. The fraction of sp³-hybridized carbons (Fsp3) is 0.250. The minimum Gasteiger partial charge on any atom is -0.478 e. The van der Waals surface area contributed by atoms with Crippen LogP contribution in [0.25, 0.3) is 0 Å². The number of nitrogens with one attached hydrogen (secondary N) is 1. The van der Waals surface area contributed by atoms with E-state index < -0.39 is 31.6 Å². The molecule has 1 aliphatic carbocycles. The normalized spacial score (nSPS) is 16.6. The highest BCUT2D eigenvalue weighted by atomic mass is 35.5. The Hall–Kier alpha value is -2.74. The molecular weight excluding hydrogens is 526 g/mol. The van der Waals surface area contributed by atoms with Crippen molar-refractivity contribution >= 4 is 53.9 Å². The van der Waals surface area contributed by atoms with Gasteiger partial charge in [-0.1, -0.05) is 22.9 Å². The smallest absolute Gasteiger partial charge is 0.335 e. The number of aryl methyl sites for hydroxylation is 1. The van der Waals surface area contributed by atoms with E-state index in [0.29, 0.717) is 5.92 Å². The van der Waals surface area contributed by atoms with Gasteiger partial charge in [0, 0.05) is 11.5 Å². The molecule has 0 amide bonds. The lowest BCUT2D eigenvalue weighted by Crippen LogP contribution is -2.14. The standard InChI is InChI=1S/C20H16ClN3O7S3/c1-9-4-11(19(25)26)6-15-16(9)31-17-12(8-33(15,27)28)5-13(7-14(17)21)34(29,30)24-20-23-22-18(32-20)10-2-3-10/h4-7,10H,2-3,8H2,1H3,(H,23,24)(H,25,26). The minimum absolute atomic E-state index is 0.0129. The molecule has 1 aromatic heterocycles. The first-order valence-corrected chi connectivity index (χ1v) is 14.2. The number of hydrogen-bond acceptors (Lipinski definition) is 9. The molecule has 2 N–H and O–H groups in total. The molecule has 1 saturated carbocycles. The number of carbonyl (C=O) groups is 1. The Labute approximate surface area is 203 Å². The third-order valence-electron chi connectivity index (χ3n) is 5.37. The highest BCUT2D eigenvalue weighted by Gasteiger charge is 2.33. The van der Waals surface area contributed by atoms with Gasteiger partial charge in [-0.15, -0.1) is 10.2 Å². The Morgan fingerprint density at radius 3 is 2.62 bits per heavy atom. The van der Waals surface area contributed by atoms with Gasteiger partial charge < -0.3 is 9.84 Å². The average Bonchev–Trinajstić information content (AvgIpc) is 3.51. The third-order valence-corrected chi connectivity index (χ3v) is 9.76. The van der Waals surface area contributed by atoms with E-state index in [1.165, 1.54) is 19.1 Å². The summed E-state index contributed by atoms with van der Waals surface area (Å²) in [6, 6.07) is 4.63. The maximum Gasteiger partial charge on any atom is 0.335 e. The largest absolute Gasteiger partial charge is 0.478 e. The summed E-state index contributed by atoms with van der Waals surface area (Å²) < 4.78 is 60.4. The quantitative estimate of drug-likeness (QED) is 0.488. The second-order valence-electron chi connectivity index (χ2n) is 8.01. The first-order chi connectivity index (χ1) is 15.9. The van der Waals surface area contributed by atoms with Gasteiger partial charge in [0.2, 0.25) is 5.13 Å². The van der Waals surface area contributed by atoms with E-state index >= 15 is 0 Å². The van der Waals surface area contributed by atoms with Crippen molar-refractivity contribution < 1.29 is 31.5 Å². The summed E-state index contributed by atoms with van der Waals surface area (Å²) in [7, 11) is -8.25. The molecular formula is C20H16ClN3O7S3. The first-order valence-electron chi connectivity index (χ1n) is 9.92. The van der Waals surface area contributed by atoms with Crippen molar-refractivity contribution in [3.8, 4) is 11.5 Å². The van der Waals surface area contributed by atoms with Crippen LogP contribution in [0.2, 0.25) is 5.02 Å². The zero-order chi connectivity index (χ0) is 24.4. The fourth-order valence-electron chi connectivity index (χ4n) is 3.56. The van der Waals surface area contributed by atoms with Gasteiger partial charge in [-0.25, -0.2) is 21.6 Å². The molecule has 0 unspecified atom stereocenters. The molecule has 10 nitrogen and oxygen atoms in total. The molecule has 2 aromatic carbocycles. The summed E-state index contributed by atoms with van der Waals surface area (Å²) in [4.78, 5) is 10.8. The second kappa shape index (κ2) is 7.90. The van der Waals surface area contributed by atoms with Crippen molar-refractivity contribution in [2.45, 2.75) is 41.2 Å². The summed E-state index contributed by atoms with van der Waals surface area (Å²) in [5.41, 5.74) is 0.0929. The molecule has 0 bridgehead atoms. The van der Waals surface area contributed by atoms with Crippen LogP contribution >= 0.6 is 22.9 Å². The Bertz CT molecular complexity index is 1580. The number of fused-ring (bicyclic) bond motifs is 2. The molecule has 14 heteroatoms. The Balaban J connectivity index is 1.55. The Kier molecular flexibility index (Phi) is 5.35. The number of nitrogens with zero attached hydrogens (tertiary/aromatic N) is 2. The van der Waals surface area contributed by atoms with E-state index in [9.17, 15) is 26.7 Å². The number of sulfone groups is 1. The number of aromatic nitrogens is 2. The highest BCUT2D eigenvalue weighted by Crippen LogP contribution is 2.45. The summed E-state index contributed by atoms with van der Waals surface area (Å²) in [5.74, 6) is -1.68. The van der Waals surface area contributed by atoms with Crippen molar-refractivity contribution in [2.75, 3.05) is 4.72 Å². The summed E-state index contributed by atoms with van der Waals surface area (Å²) >= 11 is 7.49. The average molecular weight is 542 g/mol. The monoisotopic (exact) mass is 541 g/mol. The van der Waals surface area contributed by atoms with Crippen LogP contribution in [0.4, 0.5) is 5.13 Å². The predicted molar refractivity (Wildman–Crippen MR) is 123 cm³/mol. The molecule has 1 aliphatic heterocycles. The maximum absolute atomic E-state index is 13.1. The number of benzene rings is 2. The molecule has 1 fully saturated rings. The number of rotatable bonds is 5. The van der Waals surface area contributed by atoms with Crippen molar-refractivity contribution in [1.29, 1.82) is 0 Å². The van der Waals surface area contributed by atoms with Crippen molar-refractivity contribution in [1.82, 2.24) is 10.2 Å². The summed E-state index contributed by atoms with van der Waals surface area (Å²) in [6.07, 6.45) is 1.98. The van der Waals surface area contributed by atoms with E-state index in [2.05, 4.69) is 14.9 Å². The molecule has 34 heavy (non-hydrogen) atoms. The van der Waals surface area contributed by atoms with Crippen LogP contribution in [0, 0.1) is 6.92 Å². The van der Waals surface area contributed by atoms with Crippen LogP contribution < -0.4 is 9.46 Å². The molecule has 0 spiro atoms. The van der Waals surface area contributed by atoms with Gasteiger partial charge in [0.25, 0.3) is 10.0 Å². The summed E-state index contributed by atoms with van der Waals surface area (Å²) in [6.45, 7) is 1.51. The van der Waals surface area contributed by atoms with E-state index in [1.54, 1.807) is 0 Å². The van der Waals surface area contributed by atoms with Gasteiger partial charge >= 0.3 is 5.97 Å².